The van der Waals surface area contributed by atoms with Gasteiger partial charge in [0.15, 0.2) is 12.6 Å². The van der Waals surface area contributed by atoms with E-state index in [1.165, 1.54) is 218 Å². The molecule has 12 atom stereocenters. The van der Waals surface area contributed by atoms with Crippen LogP contribution in [0, 0.1) is 0 Å². The van der Waals surface area contributed by atoms with Gasteiger partial charge in [-0.25, -0.2) is 0 Å². The molecule has 0 aromatic carbocycles. The van der Waals surface area contributed by atoms with Gasteiger partial charge in [0, 0.05) is 6.42 Å². The number of carbonyl (C=O) groups is 1. The van der Waals surface area contributed by atoms with Gasteiger partial charge in [-0.05, 0) is 77.0 Å². The highest BCUT2D eigenvalue weighted by molar-refractivity contribution is 5.76. The van der Waals surface area contributed by atoms with E-state index in [4.69, 9.17) is 18.9 Å². The smallest absolute Gasteiger partial charge is 0.220 e. The van der Waals surface area contributed by atoms with Crippen molar-refractivity contribution >= 4 is 5.91 Å². The second-order valence-electron chi connectivity index (χ2n) is 29.2. The van der Waals surface area contributed by atoms with E-state index in [2.05, 4.69) is 116 Å². The fourth-order valence-corrected chi connectivity index (χ4v) is 13.5. The van der Waals surface area contributed by atoms with Gasteiger partial charge in [0.1, 0.15) is 48.8 Å². The summed E-state index contributed by atoms with van der Waals surface area (Å²) in [6.07, 6.45) is 83.0. The van der Waals surface area contributed by atoms with Crippen molar-refractivity contribution in [1.82, 2.24) is 5.32 Å². The summed E-state index contributed by atoms with van der Waals surface area (Å²) in [4.78, 5) is 13.4. The first-order valence-corrected chi connectivity index (χ1v) is 42.0. The van der Waals surface area contributed by atoms with Crippen molar-refractivity contribution in [1.29, 1.82) is 0 Å². The van der Waals surface area contributed by atoms with Gasteiger partial charge in [0.2, 0.25) is 5.91 Å². The molecule has 14 nitrogen and oxygen atoms in total. The maximum atomic E-state index is 13.4. The van der Waals surface area contributed by atoms with E-state index >= 15 is 0 Å². The molecule has 0 aromatic heterocycles. The van der Waals surface area contributed by atoms with Crippen LogP contribution in [0.25, 0.3) is 0 Å². The minimum atomic E-state index is -1.79. The Morgan fingerprint density at radius 2 is 0.683 bits per heavy atom. The number of ether oxygens (including phenoxy) is 4. The molecule has 0 bridgehead atoms. The second kappa shape index (κ2) is 69.9. The van der Waals surface area contributed by atoms with E-state index in [1.54, 1.807) is 0 Å². The second-order valence-corrected chi connectivity index (χ2v) is 29.2. The Morgan fingerprint density at radius 3 is 1.05 bits per heavy atom. The molecular weight excluding hydrogens is 1270 g/mol. The molecule has 2 heterocycles. The topological polar surface area (TPSA) is 228 Å². The molecule has 586 valence electrons. The zero-order valence-corrected chi connectivity index (χ0v) is 64.4. The lowest BCUT2D eigenvalue weighted by Gasteiger charge is -2.46. The minimum Gasteiger partial charge on any atom is -0.394 e. The molecule has 2 aliphatic rings. The number of aliphatic hydroxyl groups excluding tert-OH is 8. The molecule has 0 spiro atoms. The van der Waals surface area contributed by atoms with Crippen LogP contribution in [0.15, 0.2) is 97.2 Å². The molecule has 0 aromatic rings. The highest BCUT2D eigenvalue weighted by Gasteiger charge is 2.51. The fraction of sp³-hybridized carbons (Fsp3) is 0.805. The number of amides is 1. The lowest BCUT2D eigenvalue weighted by atomic mass is 9.97. The Morgan fingerprint density at radius 1 is 0.366 bits per heavy atom. The monoisotopic (exact) mass is 1420 g/mol. The maximum absolute atomic E-state index is 13.4. The third kappa shape index (κ3) is 52.5. The maximum Gasteiger partial charge on any atom is 0.220 e. The van der Waals surface area contributed by atoms with Crippen molar-refractivity contribution < 1.29 is 64.6 Å². The number of carbonyl (C=O) groups excluding carboxylic acids is 1. The highest BCUT2D eigenvalue weighted by Crippen LogP contribution is 2.30. The summed E-state index contributed by atoms with van der Waals surface area (Å²) in [5.41, 5.74) is 0. The highest BCUT2D eigenvalue weighted by atomic mass is 16.7. The molecule has 1 amide bonds. The van der Waals surface area contributed by atoms with Gasteiger partial charge in [0.05, 0.1) is 32.0 Å². The zero-order chi connectivity index (χ0) is 73.0. The van der Waals surface area contributed by atoms with Crippen LogP contribution < -0.4 is 5.32 Å². The number of hydrogen-bond acceptors (Lipinski definition) is 13. The first-order chi connectivity index (χ1) is 49.6. The van der Waals surface area contributed by atoms with Crippen LogP contribution in [-0.4, -0.2) is 140 Å². The van der Waals surface area contributed by atoms with Gasteiger partial charge < -0.3 is 65.1 Å². The van der Waals surface area contributed by atoms with Crippen LogP contribution in [0.3, 0.4) is 0 Å². The van der Waals surface area contributed by atoms with Crippen LogP contribution in [0.4, 0.5) is 0 Å². The van der Waals surface area contributed by atoms with Gasteiger partial charge in [0.25, 0.3) is 0 Å². The Balaban J connectivity index is 1.61. The van der Waals surface area contributed by atoms with E-state index in [0.29, 0.717) is 19.3 Å². The minimum absolute atomic E-state index is 0.210. The molecule has 2 rings (SSSR count). The summed E-state index contributed by atoms with van der Waals surface area (Å²) >= 11 is 0. The Bertz CT molecular complexity index is 2070. The van der Waals surface area contributed by atoms with Crippen LogP contribution in [-0.2, 0) is 23.7 Å². The molecule has 2 fully saturated rings. The largest absolute Gasteiger partial charge is 0.394 e. The van der Waals surface area contributed by atoms with Crippen LogP contribution in [0.2, 0.25) is 0 Å². The molecule has 0 aliphatic carbocycles. The van der Waals surface area contributed by atoms with E-state index in [-0.39, 0.29) is 12.5 Å². The molecule has 0 radical (unpaired) electrons. The molecule has 2 saturated heterocycles. The average Bonchev–Trinajstić information content (AvgIpc) is 0.791. The SMILES string of the molecule is CC/C=C\C/C=C\C/C=C\C/C=C\C/C=C\C/C=C\C/C=C\C/C=C\CCCCCCCCCCCCC(=O)NC(COC1OC(CO)C(OC2OC(CO)C(O)C(O)C2O)C(O)C1O)C(O)CCCCCCCCCCCCCCCCCCCCCCCCCCCCCCCCCC. The number of unbranched alkanes of at least 4 members (excludes halogenated alkanes) is 41. The fourth-order valence-electron chi connectivity index (χ4n) is 13.5. The molecule has 14 heteroatoms. The van der Waals surface area contributed by atoms with E-state index in [9.17, 15) is 45.6 Å². The van der Waals surface area contributed by atoms with Gasteiger partial charge in [-0.15, -0.1) is 0 Å². The third-order valence-electron chi connectivity index (χ3n) is 20.1. The van der Waals surface area contributed by atoms with Gasteiger partial charge in [-0.1, -0.05) is 368 Å². The Labute approximate surface area is 617 Å². The molecular formula is C87H155NO13. The van der Waals surface area contributed by atoms with Crippen molar-refractivity contribution in [3.63, 3.8) is 0 Å². The number of rotatable bonds is 70. The molecule has 0 saturated carbocycles. The van der Waals surface area contributed by atoms with Crippen LogP contribution in [0.5, 0.6) is 0 Å². The average molecular weight is 1420 g/mol. The summed E-state index contributed by atoms with van der Waals surface area (Å²) in [6, 6.07) is -0.840. The van der Waals surface area contributed by atoms with Gasteiger partial charge in [-0.3, -0.25) is 4.79 Å². The standard InChI is InChI=1S/C87H155NO13/c1-3-5-7-9-11-13-15-17-19-21-23-25-27-29-31-33-35-37-38-39-41-43-45-47-49-51-53-55-57-59-61-63-65-67-69-71-79(92)88-75(74-98-86-84(97)82(95)85(78(73-90)100-86)101-87-83(96)81(94)80(93)77(72-89)99-87)76(91)70-68-66-64-62-60-58-56-54-52-50-48-46-44-42-40-36-34-32-30-28-26-24-22-20-18-16-14-12-10-8-6-4-2/h5,7,11,13,17,19,23,25,29,31,35,37,39,41,45,47,75-78,80-87,89-91,93-97H,3-4,6,8-10,12,14-16,18,20-22,24,26-28,30,32-34,36,38,40,42-44,46,48-74H2,1-2H3,(H,88,92)/b7-5-,13-11-,19-17-,25-23-,31-29-,37-35-,41-39-,47-45-. The lowest BCUT2D eigenvalue weighted by Crippen LogP contribution is -2.65. The molecule has 101 heavy (non-hydrogen) atoms. The number of nitrogens with one attached hydrogen (secondary N) is 1. The van der Waals surface area contributed by atoms with E-state index in [1.807, 2.05) is 0 Å². The zero-order valence-electron chi connectivity index (χ0n) is 64.4. The van der Waals surface area contributed by atoms with E-state index in [0.717, 1.165) is 103 Å². The van der Waals surface area contributed by atoms with Crippen LogP contribution >= 0.6 is 0 Å². The third-order valence-corrected chi connectivity index (χ3v) is 20.1. The summed E-state index contributed by atoms with van der Waals surface area (Å²) in [6.45, 7) is 2.79. The normalized spacial score (nSPS) is 22.2. The summed E-state index contributed by atoms with van der Waals surface area (Å²) in [5, 5.41) is 88.0. The van der Waals surface area contributed by atoms with Crippen molar-refractivity contribution in [2.45, 2.75) is 428 Å². The summed E-state index contributed by atoms with van der Waals surface area (Å²) in [7, 11) is 0. The van der Waals surface area contributed by atoms with E-state index < -0.39 is 86.8 Å². The quantitative estimate of drug-likeness (QED) is 0.0204. The Kier molecular flexibility index (Phi) is 65.1. The predicted molar refractivity (Wildman–Crippen MR) is 419 cm³/mol. The molecule has 9 N–H and O–H groups in total. The molecule has 2 aliphatic heterocycles. The van der Waals surface area contributed by atoms with Crippen molar-refractivity contribution in [3.8, 4) is 0 Å². The Hall–Kier alpha value is -3.09. The van der Waals surface area contributed by atoms with Crippen molar-refractivity contribution in [2.24, 2.45) is 0 Å². The predicted octanol–water partition coefficient (Wildman–Crippen LogP) is 19.6. The lowest BCUT2D eigenvalue weighted by molar-refractivity contribution is -0.359. The number of hydrogen-bond donors (Lipinski definition) is 9. The number of aliphatic hydroxyl groups is 8. The summed E-state index contributed by atoms with van der Waals surface area (Å²) in [5.74, 6) is -0.210. The van der Waals surface area contributed by atoms with Crippen LogP contribution in [0.1, 0.15) is 354 Å². The summed E-state index contributed by atoms with van der Waals surface area (Å²) < 4.78 is 23.0. The van der Waals surface area contributed by atoms with Crippen molar-refractivity contribution in [3.05, 3.63) is 97.2 Å². The van der Waals surface area contributed by atoms with Crippen molar-refractivity contribution in [2.75, 3.05) is 19.8 Å². The van der Waals surface area contributed by atoms with Gasteiger partial charge in [-0.2, -0.15) is 0 Å². The number of allylic oxidation sites excluding steroid dienone is 16. The first kappa shape index (κ1) is 94.0. The first-order valence-electron chi connectivity index (χ1n) is 42.0. The molecule has 12 unspecified atom stereocenters. The van der Waals surface area contributed by atoms with Gasteiger partial charge >= 0.3 is 0 Å².